The van der Waals surface area contributed by atoms with E-state index in [1.165, 1.54) is 0 Å². The molecule has 0 aliphatic heterocycles. The lowest BCUT2D eigenvalue weighted by atomic mass is 10.8. The maximum absolute atomic E-state index is 4.12. The van der Waals surface area contributed by atoms with Crippen molar-refractivity contribution in [1.29, 1.82) is 0 Å². The highest BCUT2D eigenvalue weighted by atomic mass is 127. The quantitative estimate of drug-likeness (QED) is 0.616. The first-order chi connectivity index (χ1) is 3.29. The number of rotatable bonds is 0. The second-order valence-electron chi connectivity index (χ2n) is 1.19. The van der Waals surface area contributed by atoms with Crippen molar-refractivity contribution in [3.8, 4) is 0 Å². The molecule has 0 saturated heterocycles. The Kier molecular flexibility index (Phi) is 1.64. The summed E-state index contributed by atoms with van der Waals surface area (Å²) in [6, 6.07) is 0. The topological polar surface area (TPSA) is 12.9 Å². The third-order valence-electron chi connectivity index (χ3n) is 0.591. The van der Waals surface area contributed by atoms with Crippen molar-refractivity contribution >= 4 is 33.9 Å². The van der Waals surface area contributed by atoms with Crippen molar-refractivity contribution in [1.82, 2.24) is 4.98 Å². The number of halogens is 1. The number of hydrogen-bond donors (Lipinski definition) is 0. The third-order valence-corrected chi connectivity index (χ3v) is 2.34. The van der Waals surface area contributed by atoms with Gasteiger partial charge in [0.25, 0.3) is 0 Å². The maximum Gasteiger partial charge on any atom is 0.112 e. The normalized spacial score (nSPS) is 9.43. The number of aromatic nitrogens is 1. The lowest BCUT2D eigenvalue weighted by Gasteiger charge is -1.69. The van der Waals surface area contributed by atoms with E-state index in [9.17, 15) is 0 Å². The van der Waals surface area contributed by atoms with Crippen LogP contribution in [-0.2, 0) is 0 Å². The van der Waals surface area contributed by atoms with Gasteiger partial charge in [-0.1, -0.05) is 0 Å². The lowest BCUT2D eigenvalue weighted by Crippen LogP contribution is -1.65. The first-order valence-electron chi connectivity index (χ1n) is 1.86. The molecule has 1 rings (SSSR count). The molecular weight excluding hydrogens is 221 g/mol. The molecule has 0 aliphatic rings. The summed E-state index contributed by atoms with van der Waals surface area (Å²) in [6.45, 7) is 2.01. The number of hydrogen-bond acceptors (Lipinski definition) is 2. The van der Waals surface area contributed by atoms with Crippen molar-refractivity contribution in [3.05, 3.63) is 14.1 Å². The van der Waals surface area contributed by atoms with Crippen molar-refractivity contribution in [2.75, 3.05) is 0 Å². The summed E-state index contributed by atoms with van der Waals surface area (Å²) in [5, 5.41) is 3.18. The van der Waals surface area contributed by atoms with Crippen molar-refractivity contribution in [3.63, 3.8) is 0 Å². The summed E-state index contributed by atoms with van der Waals surface area (Å²) >= 11 is 3.89. The largest absolute Gasteiger partial charge is 0.236 e. The van der Waals surface area contributed by atoms with Crippen LogP contribution in [0.15, 0.2) is 5.38 Å². The first kappa shape index (κ1) is 5.50. The van der Waals surface area contributed by atoms with Crippen LogP contribution in [-0.4, -0.2) is 4.98 Å². The van der Waals surface area contributed by atoms with E-state index in [1.807, 2.05) is 12.3 Å². The number of aryl methyl sites for hydroxylation is 1. The molecular formula is C4H4INS. The molecule has 1 nitrogen and oxygen atoms in total. The van der Waals surface area contributed by atoms with E-state index in [2.05, 4.69) is 27.6 Å². The van der Waals surface area contributed by atoms with Gasteiger partial charge in [-0.05, 0) is 29.5 Å². The average Bonchev–Trinajstić information content (AvgIpc) is 1.87. The summed E-state index contributed by atoms with van der Waals surface area (Å²) in [4.78, 5) is 4.12. The first-order valence-corrected chi connectivity index (χ1v) is 3.82. The molecule has 1 aromatic heterocycles. The van der Waals surface area contributed by atoms with Crippen molar-refractivity contribution in [2.24, 2.45) is 0 Å². The Balaban J connectivity index is 3.04. The van der Waals surface area contributed by atoms with Gasteiger partial charge >= 0.3 is 0 Å². The Bertz CT molecular complexity index is 144. The molecule has 0 unspecified atom stereocenters. The van der Waals surface area contributed by atoms with E-state index in [0.29, 0.717) is 0 Å². The fourth-order valence-corrected chi connectivity index (χ4v) is 1.72. The molecule has 38 valence electrons. The zero-order chi connectivity index (χ0) is 5.28. The lowest BCUT2D eigenvalue weighted by molar-refractivity contribution is 1.26. The van der Waals surface area contributed by atoms with Crippen molar-refractivity contribution in [2.45, 2.75) is 6.92 Å². The molecule has 0 amide bonds. The molecule has 7 heavy (non-hydrogen) atoms. The maximum atomic E-state index is 4.12. The molecule has 1 heterocycles. The molecule has 0 spiro atoms. The highest BCUT2D eigenvalue weighted by molar-refractivity contribution is 14.1. The van der Waals surface area contributed by atoms with Gasteiger partial charge in [0.15, 0.2) is 0 Å². The van der Waals surface area contributed by atoms with Gasteiger partial charge in [0.1, 0.15) is 3.70 Å². The second kappa shape index (κ2) is 2.09. The Morgan fingerprint density at radius 2 is 2.57 bits per heavy atom. The van der Waals surface area contributed by atoms with Crippen LogP contribution >= 0.6 is 33.9 Å². The minimum Gasteiger partial charge on any atom is -0.236 e. The fourth-order valence-electron chi connectivity index (χ4n) is 0.337. The molecule has 0 N–H and O–H groups in total. The third kappa shape index (κ3) is 1.38. The smallest absolute Gasteiger partial charge is 0.112 e. The number of nitrogens with zero attached hydrogens (tertiary/aromatic N) is 1. The Labute approximate surface area is 59.9 Å². The molecule has 0 saturated carbocycles. The van der Waals surface area contributed by atoms with Gasteiger partial charge in [0.05, 0.1) is 5.01 Å². The fraction of sp³-hybridized carbons (Fsp3) is 0.250. The SMILES string of the molecule is Cc1nc(I)cs1. The van der Waals surface area contributed by atoms with Crippen LogP contribution < -0.4 is 0 Å². The van der Waals surface area contributed by atoms with Crippen LogP contribution in [0.4, 0.5) is 0 Å². The van der Waals surface area contributed by atoms with Crippen LogP contribution in [0, 0.1) is 10.6 Å². The van der Waals surface area contributed by atoms with Crippen LogP contribution in [0.5, 0.6) is 0 Å². The van der Waals surface area contributed by atoms with E-state index < -0.39 is 0 Å². The minimum atomic E-state index is 1.10. The van der Waals surface area contributed by atoms with Gasteiger partial charge in [-0.25, -0.2) is 4.98 Å². The van der Waals surface area contributed by atoms with Gasteiger partial charge in [-0.2, -0.15) is 0 Å². The van der Waals surface area contributed by atoms with E-state index in [0.717, 1.165) is 8.71 Å². The van der Waals surface area contributed by atoms with Crippen LogP contribution in [0.2, 0.25) is 0 Å². The van der Waals surface area contributed by atoms with Crippen LogP contribution in [0.3, 0.4) is 0 Å². The summed E-state index contributed by atoms with van der Waals surface area (Å²) in [6.07, 6.45) is 0. The predicted molar refractivity (Wildman–Crippen MR) is 39.6 cm³/mol. The van der Waals surface area contributed by atoms with E-state index in [1.54, 1.807) is 11.3 Å². The van der Waals surface area contributed by atoms with Crippen LogP contribution in [0.25, 0.3) is 0 Å². The summed E-state index contributed by atoms with van der Waals surface area (Å²) in [5.74, 6) is 0. The monoisotopic (exact) mass is 225 g/mol. The molecule has 0 radical (unpaired) electrons. The standard InChI is InChI=1S/C4H4INS/c1-3-6-4(5)2-7-3/h2H,1H3. The minimum absolute atomic E-state index is 1.10. The molecule has 0 fully saturated rings. The number of thiazole rings is 1. The van der Waals surface area contributed by atoms with Crippen molar-refractivity contribution < 1.29 is 0 Å². The Morgan fingerprint density at radius 1 is 1.86 bits per heavy atom. The van der Waals surface area contributed by atoms with Gasteiger partial charge in [0.2, 0.25) is 0 Å². The molecule has 1 aromatic rings. The van der Waals surface area contributed by atoms with Gasteiger partial charge < -0.3 is 0 Å². The second-order valence-corrected chi connectivity index (χ2v) is 3.36. The zero-order valence-electron chi connectivity index (χ0n) is 3.81. The molecule has 0 atom stereocenters. The molecule has 0 bridgehead atoms. The Hall–Kier alpha value is 0.360. The highest BCUT2D eigenvalue weighted by Crippen LogP contribution is 2.08. The predicted octanol–water partition coefficient (Wildman–Crippen LogP) is 2.06. The van der Waals surface area contributed by atoms with Gasteiger partial charge in [-0.3, -0.25) is 0 Å². The Morgan fingerprint density at radius 3 is 2.71 bits per heavy atom. The summed E-state index contributed by atoms with van der Waals surface area (Å²) in [5.41, 5.74) is 0. The highest BCUT2D eigenvalue weighted by Gasteiger charge is 1.87. The van der Waals surface area contributed by atoms with E-state index in [4.69, 9.17) is 0 Å². The van der Waals surface area contributed by atoms with Gasteiger partial charge in [-0.15, -0.1) is 11.3 Å². The average molecular weight is 225 g/mol. The van der Waals surface area contributed by atoms with Crippen LogP contribution in [0.1, 0.15) is 5.01 Å². The molecule has 0 aliphatic carbocycles. The molecule has 3 heteroatoms. The molecule has 0 aromatic carbocycles. The summed E-state index contributed by atoms with van der Waals surface area (Å²) < 4.78 is 1.10. The van der Waals surface area contributed by atoms with E-state index in [-0.39, 0.29) is 0 Å². The zero-order valence-corrected chi connectivity index (χ0v) is 6.78. The van der Waals surface area contributed by atoms with Gasteiger partial charge in [0, 0.05) is 5.38 Å². The summed E-state index contributed by atoms with van der Waals surface area (Å²) in [7, 11) is 0. The van der Waals surface area contributed by atoms with E-state index >= 15 is 0 Å².